The van der Waals surface area contributed by atoms with E-state index in [4.69, 9.17) is 4.52 Å². The van der Waals surface area contributed by atoms with Crippen LogP contribution in [0.25, 0.3) is 0 Å². The Bertz CT molecular complexity index is 333. The minimum Gasteiger partial charge on any atom is -0.339 e. The summed E-state index contributed by atoms with van der Waals surface area (Å²) in [7, 11) is -0.905. The van der Waals surface area contributed by atoms with Crippen LogP contribution >= 0.6 is 0 Å². The van der Waals surface area contributed by atoms with E-state index in [-0.39, 0.29) is 0 Å². The monoisotopic (exact) mass is 215 g/mol. The largest absolute Gasteiger partial charge is 0.339 e. The number of aromatic nitrogens is 2. The smallest absolute Gasteiger partial charge is 0.231 e. The average Bonchev–Trinajstić information content (AvgIpc) is 2.69. The number of hydrogen-bond acceptors (Lipinski definition) is 5. The standard InChI is InChI=1S/C8H13N3O2S/c1-14(12)5-7-10-8(13-11-7)6-2-3-9-4-6/h6,9H,2-5H2,1H3. The van der Waals surface area contributed by atoms with Crippen molar-refractivity contribution < 1.29 is 8.73 Å². The van der Waals surface area contributed by atoms with Crippen LogP contribution < -0.4 is 5.32 Å². The quantitative estimate of drug-likeness (QED) is 0.770. The zero-order chi connectivity index (χ0) is 9.97. The molecule has 0 amide bonds. The summed E-state index contributed by atoms with van der Waals surface area (Å²) in [5.41, 5.74) is 0. The summed E-state index contributed by atoms with van der Waals surface area (Å²) >= 11 is 0. The van der Waals surface area contributed by atoms with Crippen LogP contribution in [0.1, 0.15) is 24.1 Å². The molecule has 0 aromatic carbocycles. The van der Waals surface area contributed by atoms with E-state index < -0.39 is 10.8 Å². The summed E-state index contributed by atoms with van der Waals surface area (Å²) in [5, 5.41) is 7.03. The van der Waals surface area contributed by atoms with Crippen LogP contribution in [0.5, 0.6) is 0 Å². The van der Waals surface area contributed by atoms with Crippen molar-refractivity contribution in [2.24, 2.45) is 0 Å². The van der Waals surface area contributed by atoms with Gasteiger partial charge in [-0.1, -0.05) is 5.16 Å². The van der Waals surface area contributed by atoms with Gasteiger partial charge in [0.25, 0.3) is 0 Å². The molecule has 2 rings (SSSR count). The van der Waals surface area contributed by atoms with Crippen molar-refractivity contribution >= 4 is 10.8 Å². The fourth-order valence-corrected chi connectivity index (χ4v) is 2.02. The van der Waals surface area contributed by atoms with Crippen molar-refractivity contribution in [1.29, 1.82) is 0 Å². The molecule has 2 heterocycles. The third-order valence-electron chi connectivity index (χ3n) is 2.23. The van der Waals surface area contributed by atoms with Crippen LogP contribution in [-0.4, -0.2) is 33.7 Å². The van der Waals surface area contributed by atoms with E-state index in [1.807, 2.05) is 0 Å². The van der Waals surface area contributed by atoms with Crippen molar-refractivity contribution in [3.05, 3.63) is 11.7 Å². The van der Waals surface area contributed by atoms with Crippen LogP contribution in [0.4, 0.5) is 0 Å². The third-order valence-corrected chi connectivity index (χ3v) is 2.89. The Kier molecular flexibility index (Phi) is 2.93. The van der Waals surface area contributed by atoms with E-state index >= 15 is 0 Å². The Hall–Kier alpha value is -0.750. The van der Waals surface area contributed by atoms with Gasteiger partial charge in [-0.2, -0.15) is 4.98 Å². The Labute approximate surface area is 84.7 Å². The summed E-state index contributed by atoms with van der Waals surface area (Å²) in [4.78, 5) is 4.22. The molecule has 0 saturated carbocycles. The Balaban J connectivity index is 2.05. The van der Waals surface area contributed by atoms with Crippen LogP contribution in [0.3, 0.4) is 0 Å². The van der Waals surface area contributed by atoms with Crippen molar-refractivity contribution in [3.63, 3.8) is 0 Å². The molecule has 1 fully saturated rings. The maximum atomic E-state index is 10.9. The predicted molar refractivity (Wildman–Crippen MR) is 52.3 cm³/mol. The molecule has 78 valence electrons. The van der Waals surface area contributed by atoms with E-state index in [2.05, 4.69) is 15.5 Å². The van der Waals surface area contributed by atoms with Crippen LogP contribution in [-0.2, 0) is 16.6 Å². The van der Waals surface area contributed by atoms with Gasteiger partial charge in [0.05, 0.1) is 11.7 Å². The van der Waals surface area contributed by atoms with Gasteiger partial charge in [-0.3, -0.25) is 4.21 Å². The molecule has 1 aromatic heterocycles. The highest BCUT2D eigenvalue weighted by molar-refractivity contribution is 7.83. The lowest BCUT2D eigenvalue weighted by atomic mass is 10.1. The van der Waals surface area contributed by atoms with E-state index in [9.17, 15) is 4.21 Å². The lowest BCUT2D eigenvalue weighted by molar-refractivity contribution is 0.355. The predicted octanol–water partition coefficient (Wildman–Crippen LogP) is 0.0250. The molecule has 1 aliphatic rings. The zero-order valence-corrected chi connectivity index (χ0v) is 8.84. The number of nitrogens with one attached hydrogen (secondary N) is 1. The van der Waals surface area contributed by atoms with Gasteiger partial charge in [-0.25, -0.2) is 0 Å². The summed E-state index contributed by atoms with van der Waals surface area (Å²) < 4.78 is 16.0. The van der Waals surface area contributed by atoms with E-state index in [1.165, 1.54) is 0 Å². The normalized spacial score (nSPS) is 23.9. The SMILES string of the molecule is CS(=O)Cc1noc(C2CCNC2)n1. The summed E-state index contributed by atoms with van der Waals surface area (Å²) in [6.07, 6.45) is 2.67. The minimum absolute atomic E-state index is 0.335. The summed E-state index contributed by atoms with van der Waals surface area (Å²) in [6.45, 7) is 1.90. The molecular weight excluding hydrogens is 202 g/mol. The fourth-order valence-electron chi connectivity index (χ4n) is 1.54. The first-order valence-corrected chi connectivity index (χ1v) is 6.31. The molecule has 0 bridgehead atoms. The molecule has 5 nitrogen and oxygen atoms in total. The molecule has 2 unspecified atom stereocenters. The Morgan fingerprint density at radius 2 is 2.57 bits per heavy atom. The second-order valence-corrected chi connectivity index (χ2v) is 4.89. The lowest BCUT2D eigenvalue weighted by Crippen LogP contribution is -2.08. The first-order valence-electron chi connectivity index (χ1n) is 4.59. The van der Waals surface area contributed by atoms with Gasteiger partial charge in [0.1, 0.15) is 0 Å². The number of nitrogens with zero attached hydrogens (tertiary/aromatic N) is 2. The molecule has 14 heavy (non-hydrogen) atoms. The number of rotatable bonds is 3. The van der Waals surface area contributed by atoms with Gasteiger partial charge in [0, 0.05) is 23.6 Å². The Morgan fingerprint density at radius 3 is 3.21 bits per heavy atom. The lowest BCUT2D eigenvalue weighted by Gasteiger charge is -1.98. The van der Waals surface area contributed by atoms with Crippen LogP contribution in [0, 0.1) is 0 Å². The average molecular weight is 215 g/mol. The van der Waals surface area contributed by atoms with Gasteiger partial charge in [0.15, 0.2) is 5.82 Å². The zero-order valence-electron chi connectivity index (χ0n) is 8.02. The van der Waals surface area contributed by atoms with Crippen molar-refractivity contribution in [2.45, 2.75) is 18.1 Å². The third kappa shape index (κ3) is 2.19. The second-order valence-electron chi connectivity index (χ2n) is 3.46. The number of hydrogen-bond donors (Lipinski definition) is 1. The molecule has 1 aromatic rings. The highest BCUT2D eigenvalue weighted by atomic mass is 32.2. The van der Waals surface area contributed by atoms with Gasteiger partial charge in [-0.15, -0.1) is 0 Å². The van der Waals surface area contributed by atoms with Gasteiger partial charge in [0.2, 0.25) is 5.89 Å². The molecule has 1 aliphatic heterocycles. The van der Waals surface area contributed by atoms with Crippen LogP contribution in [0.15, 0.2) is 4.52 Å². The highest BCUT2D eigenvalue weighted by Crippen LogP contribution is 2.20. The second kappa shape index (κ2) is 4.18. The highest BCUT2D eigenvalue weighted by Gasteiger charge is 2.22. The molecule has 1 saturated heterocycles. The molecular formula is C8H13N3O2S. The molecule has 2 atom stereocenters. The van der Waals surface area contributed by atoms with Gasteiger partial charge in [-0.05, 0) is 13.0 Å². The van der Waals surface area contributed by atoms with Gasteiger partial charge < -0.3 is 9.84 Å². The molecule has 1 N–H and O–H groups in total. The van der Waals surface area contributed by atoms with E-state index in [0.717, 1.165) is 19.5 Å². The van der Waals surface area contributed by atoms with Crippen molar-refractivity contribution in [2.75, 3.05) is 19.3 Å². The first-order chi connectivity index (χ1) is 6.75. The van der Waals surface area contributed by atoms with Gasteiger partial charge >= 0.3 is 0 Å². The van der Waals surface area contributed by atoms with E-state index in [1.54, 1.807) is 6.26 Å². The summed E-state index contributed by atoms with van der Waals surface area (Å²) in [5.74, 6) is 1.94. The molecule has 0 aliphatic carbocycles. The maximum absolute atomic E-state index is 10.9. The maximum Gasteiger partial charge on any atom is 0.231 e. The minimum atomic E-state index is -0.905. The first kappa shape index (κ1) is 9.79. The molecule has 0 radical (unpaired) electrons. The van der Waals surface area contributed by atoms with Crippen LogP contribution in [0.2, 0.25) is 0 Å². The summed E-state index contributed by atoms with van der Waals surface area (Å²) in [6, 6.07) is 0. The fraction of sp³-hybridized carbons (Fsp3) is 0.750. The van der Waals surface area contributed by atoms with Crippen molar-refractivity contribution in [3.8, 4) is 0 Å². The van der Waals surface area contributed by atoms with Crippen molar-refractivity contribution in [1.82, 2.24) is 15.5 Å². The Morgan fingerprint density at radius 1 is 1.71 bits per heavy atom. The molecule has 0 spiro atoms. The topological polar surface area (TPSA) is 68.0 Å². The molecule has 6 heteroatoms. The van der Waals surface area contributed by atoms with E-state index in [0.29, 0.717) is 23.4 Å².